The number of amides is 3. The predicted molar refractivity (Wildman–Crippen MR) is 94.5 cm³/mol. The van der Waals surface area contributed by atoms with E-state index in [4.69, 9.17) is 0 Å². The minimum atomic E-state index is -0.496. The number of benzene rings is 1. The lowest BCUT2D eigenvalue weighted by Crippen LogP contribution is -2.44. The molecule has 0 aliphatic carbocycles. The molecule has 1 atom stereocenters. The zero-order valence-electron chi connectivity index (χ0n) is 12.5. The van der Waals surface area contributed by atoms with Crippen LogP contribution in [0.5, 0.6) is 0 Å². The van der Waals surface area contributed by atoms with Crippen molar-refractivity contribution in [1.29, 1.82) is 0 Å². The van der Waals surface area contributed by atoms with E-state index in [1.54, 1.807) is 22.4 Å². The second kappa shape index (κ2) is 7.14. The predicted octanol–water partition coefficient (Wildman–Crippen LogP) is 2.32. The molecule has 0 saturated carbocycles. The van der Waals surface area contributed by atoms with Crippen molar-refractivity contribution in [2.24, 2.45) is 5.92 Å². The van der Waals surface area contributed by atoms with Gasteiger partial charge < -0.3 is 4.90 Å². The first kappa shape index (κ1) is 16.7. The summed E-state index contributed by atoms with van der Waals surface area (Å²) in [6.07, 6.45) is 0.122. The lowest BCUT2D eigenvalue weighted by atomic mass is 10.1. The number of hydrogen-bond acceptors (Lipinski definition) is 4. The molecule has 2 N–H and O–H groups in total. The maximum atomic E-state index is 12.2. The van der Waals surface area contributed by atoms with E-state index >= 15 is 0 Å². The number of carbonyl (C=O) groups excluding carboxylic acids is 3. The number of hydrazine groups is 1. The molecule has 3 rings (SSSR count). The second-order valence-corrected chi connectivity index (χ2v) is 7.17. The number of carbonyl (C=O) groups is 3. The first-order chi connectivity index (χ1) is 11.5. The molecule has 1 saturated heterocycles. The van der Waals surface area contributed by atoms with Gasteiger partial charge in [-0.1, -0.05) is 22.0 Å². The summed E-state index contributed by atoms with van der Waals surface area (Å²) in [7, 11) is 0. The fourth-order valence-corrected chi connectivity index (χ4v) is 3.33. The molecule has 0 bridgehead atoms. The molecule has 24 heavy (non-hydrogen) atoms. The van der Waals surface area contributed by atoms with Crippen LogP contribution < -0.4 is 15.8 Å². The van der Waals surface area contributed by atoms with E-state index in [0.717, 1.165) is 10.2 Å². The molecule has 1 aliphatic rings. The van der Waals surface area contributed by atoms with Gasteiger partial charge in [0.1, 0.15) is 0 Å². The van der Waals surface area contributed by atoms with Crippen molar-refractivity contribution in [2.45, 2.75) is 6.42 Å². The van der Waals surface area contributed by atoms with Crippen LogP contribution in [0.4, 0.5) is 5.69 Å². The van der Waals surface area contributed by atoms with Gasteiger partial charge in [0.2, 0.25) is 11.8 Å². The van der Waals surface area contributed by atoms with Gasteiger partial charge in [0, 0.05) is 23.1 Å². The van der Waals surface area contributed by atoms with Gasteiger partial charge in [-0.15, -0.1) is 11.3 Å². The Hall–Kier alpha value is -2.19. The highest BCUT2D eigenvalue weighted by molar-refractivity contribution is 9.10. The van der Waals surface area contributed by atoms with E-state index in [1.165, 1.54) is 11.3 Å². The molecule has 2 aromatic rings. The van der Waals surface area contributed by atoms with E-state index in [1.807, 2.05) is 24.3 Å². The Bertz CT molecular complexity index is 761. The van der Waals surface area contributed by atoms with Crippen LogP contribution in [-0.2, 0) is 9.59 Å². The Labute approximate surface area is 150 Å². The Kier molecular flexibility index (Phi) is 4.96. The van der Waals surface area contributed by atoms with Crippen molar-refractivity contribution in [3.8, 4) is 0 Å². The van der Waals surface area contributed by atoms with E-state index in [0.29, 0.717) is 11.4 Å². The molecular weight excluding hydrogens is 394 g/mol. The molecule has 0 unspecified atom stereocenters. The Morgan fingerprint density at radius 1 is 1.17 bits per heavy atom. The molecule has 8 heteroatoms. The fourth-order valence-electron chi connectivity index (χ4n) is 2.44. The smallest absolute Gasteiger partial charge is 0.279 e. The third-order valence-corrected chi connectivity index (χ3v) is 5.08. The average molecular weight is 408 g/mol. The lowest BCUT2D eigenvalue weighted by molar-refractivity contribution is -0.126. The SMILES string of the molecule is O=C(NNC(=O)[C@H]1CC(=O)N(c2ccc(Br)cc2)C1)c1cccs1. The van der Waals surface area contributed by atoms with Crippen LogP contribution in [0.1, 0.15) is 16.1 Å². The van der Waals surface area contributed by atoms with Gasteiger partial charge in [0.15, 0.2) is 0 Å². The monoisotopic (exact) mass is 407 g/mol. The normalized spacial score (nSPS) is 17.0. The minimum Gasteiger partial charge on any atom is -0.312 e. The molecule has 6 nitrogen and oxygen atoms in total. The summed E-state index contributed by atoms with van der Waals surface area (Å²) in [6.45, 7) is 0.293. The van der Waals surface area contributed by atoms with E-state index in [9.17, 15) is 14.4 Å². The summed E-state index contributed by atoms with van der Waals surface area (Å²) >= 11 is 4.63. The summed E-state index contributed by atoms with van der Waals surface area (Å²) in [5.41, 5.74) is 5.52. The van der Waals surface area contributed by atoms with Crippen LogP contribution in [0.2, 0.25) is 0 Å². The maximum absolute atomic E-state index is 12.2. The minimum absolute atomic E-state index is 0.109. The maximum Gasteiger partial charge on any atom is 0.279 e. The van der Waals surface area contributed by atoms with Crippen molar-refractivity contribution < 1.29 is 14.4 Å². The number of rotatable bonds is 3. The van der Waals surface area contributed by atoms with Gasteiger partial charge >= 0.3 is 0 Å². The molecule has 1 fully saturated rings. The van der Waals surface area contributed by atoms with E-state index in [2.05, 4.69) is 26.8 Å². The Morgan fingerprint density at radius 2 is 1.92 bits per heavy atom. The number of halogens is 1. The standard InChI is InChI=1S/C16H14BrN3O3S/c17-11-3-5-12(6-4-11)20-9-10(8-14(20)21)15(22)18-19-16(23)13-2-1-7-24-13/h1-7,10H,8-9H2,(H,18,22)(H,19,23)/t10-/m0/s1. The molecule has 124 valence electrons. The van der Waals surface area contributed by atoms with Gasteiger partial charge in [-0.05, 0) is 35.7 Å². The summed E-state index contributed by atoms with van der Waals surface area (Å²) in [5, 5.41) is 1.78. The van der Waals surface area contributed by atoms with Crippen LogP contribution in [0.15, 0.2) is 46.3 Å². The number of anilines is 1. The highest BCUT2D eigenvalue weighted by atomic mass is 79.9. The highest BCUT2D eigenvalue weighted by Crippen LogP contribution is 2.26. The number of nitrogens with one attached hydrogen (secondary N) is 2. The fraction of sp³-hybridized carbons (Fsp3) is 0.188. The Morgan fingerprint density at radius 3 is 2.58 bits per heavy atom. The van der Waals surface area contributed by atoms with Gasteiger partial charge in [0.05, 0.1) is 10.8 Å². The van der Waals surface area contributed by atoms with Crippen LogP contribution in [0, 0.1) is 5.92 Å². The average Bonchev–Trinajstić information content (AvgIpc) is 3.23. The van der Waals surface area contributed by atoms with Crippen LogP contribution in [0.3, 0.4) is 0 Å². The van der Waals surface area contributed by atoms with E-state index in [-0.39, 0.29) is 24.1 Å². The number of thiophene rings is 1. The van der Waals surface area contributed by atoms with Crippen molar-refractivity contribution in [2.75, 3.05) is 11.4 Å². The topological polar surface area (TPSA) is 78.5 Å². The quantitative estimate of drug-likeness (QED) is 0.766. The van der Waals surface area contributed by atoms with Gasteiger partial charge in [-0.3, -0.25) is 25.2 Å². The molecule has 1 aliphatic heterocycles. The highest BCUT2D eigenvalue weighted by Gasteiger charge is 2.35. The molecule has 1 aromatic carbocycles. The van der Waals surface area contributed by atoms with Crippen LogP contribution in [-0.4, -0.2) is 24.3 Å². The zero-order chi connectivity index (χ0) is 17.1. The lowest BCUT2D eigenvalue weighted by Gasteiger charge is -2.16. The van der Waals surface area contributed by atoms with Crippen molar-refractivity contribution >= 4 is 50.7 Å². The Balaban J connectivity index is 1.58. The largest absolute Gasteiger partial charge is 0.312 e. The third kappa shape index (κ3) is 3.65. The molecule has 1 aromatic heterocycles. The molecular formula is C16H14BrN3O3S. The molecule has 0 radical (unpaired) electrons. The second-order valence-electron chi connectivity index (χ2n) is 5.30. The van der Waals surface area contributed by atoms with Crippen molar-refractivity contribution in [1.82, 2.24) is 10.9 Å². The summed E-state index contributed by atoms with van der Waals surface area (Å²) in [4.78, 5) is 38.2. The third-order valence-electron chi connectivity index (χ3n) is 3.68. The first-order valence-electron chi connectivity index (χ1n) is 7.24. The van der Waals surface area contributed by atoms with Gasteiger partial charge in [-0.25, -0.2) is 0 Å². The summed E-state index contributed by atoms with van der Waals surface area (Å²) in [5.74, 6) is -1.34. The van der Waals surface area contributed by atoms with Crippen molar-refractivity contribution in [3.05, 3.63) is 51.1 Å². The summed E-state index contributed by atoms with van der Waals surface area (Å²) in [6, 6.07) is 10.8. The first-order valence-corrected chi connectivity index (χ1v) is 8.91. The van der Waals surface area contributed by atoms with Gasteiger partial charge in [0.25, 0.3) is 5.91 Å². The number of hydrogen-bond donors (Lipinski definition) is 2. The molecule has 0 spiro atoms. The summed E-state index contributed by atoms with van der Waals surface area (Å²) < 4.78 is 0.920. The molecule has 2 heterocycles. The molecule has 3 amide bonds. The number of nitrogens with zero attached hydrogens (tertiary/aromatic N) is 1. The zero-order valence-corrected chi connectivity index (χ0v) is 14.9. The van der Waals surface area contributed by atoms with Crippen LogP contribution in [0.25, 0.3) is 0 Å². The van der Waals surface area contributed by atoms with Crippen molar-refractivity contribution in [3.63, 3.8) is 0 Å². The van der Waals surface area contributed by atoms with E-state index < -0.39 is 5.92 Å². The van der Waals surface area contributed by atoms with Gasteiger partial charge in [-0.2, -0.15) is 0 Å². The van der Waals surface area contributed by atoms with Crippen LogP contribution >= 0.6 is 27.3 Å².